The average Bonchev–Trinajstić information content (AvgIpc) is 2.44. The van der Waals surface area contributed by atoms with Crippen LogP contribution in [0.3, 0.4) is 0 Å². The summed E-state index contributed by atoms with van der Waals surface area (Å²) in [7, 11) is -3.16. The Labute approximate surface area is 144 Å². The number of hydrogen-bond donors (Lipinski definition) is 2. The maximum Gasteiger partial charge on any atom is 1.00 e. The van der Waals surface area contributed by atoms with Crippen molar-refractivity contribution < 1.29 is 47.9 Å². The van der Waals surface area contributed by atoms with Crippen LogP contribution in [-0.2, 0) is 21.3 Å². The van der Waals surface area contributed by atoms with Crippen molar-refractivity contribution in [1.82, 2.24) is 0 Å². The number of benzene rings is 1. The van der Waals surface area contributed by atoms with Crippen molar-refractivity contribution in [2.45, 2.75) is 25.7 Å². The van der Waals surface area contributed by atoms with Crippen LogP contribution >= 0.6 is 0 Å². The molecule has 0 heterocycles. The summed E-state index contributed by atoms with van der Waals surface area (Å²) in [5.74, 6) is -1.23. The molecule has 0 aromatic heterocycles. The number of esters is 1. The molecule has 1 rings (SSSR count). The van der Waals surface area contributed by atoms with Gasteiger partial charge >= 0.3 is 24.8 Å². The molecule has 0 aliphatic rings. The molecule has 1 aromatic rings. The van der Waals surface area contributed by atoms with E-state index >= 15 is 0 Å². The Balaban J connectivity index is 0. The van der Waals surface area contributed by atoms with Gasteiger partial charge < -0.3 is 11.3 Å². The first-order valence-electron chi connectivity index (χ1n) is 6.48. The van der Waals surface area contributed by atoms with Gasteiger partial charge in [0, 0.05) is 5.92 Å². The second-order valence-electron chi connectivity index (χ2n) is 5.13. The fraction of sp³-hybridized carbons (Fsp3) is 0.500. The van der Waals surface area contributed by atoms with Crippen LogP contribution in [0.15, 0.2) is 24.3 Å². The zero-order valence-electron chi connectivity index (χ0n) is 14.2. The van der Waals surface area contributed by atoms with Gasteiger partial charge in [0.15, 0.2) is 5.44 Å². The molecular weight excluding hydrogens is 303 g/mol. The van der Waals surface area contributed by atoms with Gasteiger partial charge in [-0.25, -0.2) is 4.79 Å². The fourth-order valence-corrected chi connectivity index (χ4v) is 2.82. The van der Waals surface area contributed by atoms with E-state index < -0.39 is 27.4 Å². The molecule has 120 valence electrons. The largest absolute Gasteiger partial charge is 1.00 e. The molecule has 2 N–H and O–H groups in total. The molecule has 8 heteroatoms. The minimum atomic E-state index is -4.47. The first-order valence-corrected chi connectivity index (χ1v) is 7.98. The maximum atomic E-state index is 11.3. The number of methoxy groups -OCH3 is 1. The Morgan fingerprint density at radius 1 is 1.27 bits per heavy atom. The topological polar surface area (TPSA) is 101 Å². The number of aliphatic hydroxyl groups excluding tert-OH is 1. The van der Waals surface area contributed by atoms with E-state index in [0.717, 1.165) is 5.56 Å². The summed E-state index contributed by atoms with van der Waals surface area (Å²) in [4.78, 5) is 11.3. The Morgan fingerprint density at radius 3 is 2.18 bits per heavy atom. The first kappa shape index (κ1) is 21.2. The Morgan fingerprint density at radius 2 is 1.77 bits per heavy atom. The van der Waals surface area contributed by atoms with Gasteiger partial charge in [-0.15, -0.1) is 0 Å². The first-order chi connectivity index (χ1) is 9.66. The smallest absolute Gasteiger partial charge is 1.00 e. The monoisotopic (exact) mass is 324 g/mol. The average molecular weight is 324 g/mol. The number of hydrogen-bond acceptors (Lipinski definition) is 5. The van der Waals surface area contributed by atoms with Crippen LogP contribution in [0.5, 0.6) is 0 Å². The fourth-order valence-electron chi connectivity index (χ4n) is 2.00. The standard InChI is InChI=1S/C14H20O6S.Li.H/c1-9(10(2)14(16)21(17,18)19)8-11-4-6-12(7-5-11)13(15)20-3;;/h4-7,9-10,14,16H,8H2,1-3H3,(H,17,18,19);;/q;+1;-1. The third kappa shape index (κ3) is 5.74. The van der Waals surface area contributed by atoms with Gasteiger partial charge in [-0.1, -0.05) is 26.0 Å². The van der Waals surface area contributed by atoms with Crippen molar-refractivity contribution in [1.29, 1.82) is 0 Å². The molecular formula is C14H21LiO6S. The van der Waals surface area contributed by atoms with E-state index in [2.05, 4.69) is 4.74 Å². The molecule has 6 nitrogen and oxygen atoms in total. The molecule has 0 amide bonds. The van der Waals surface area contributed by atoms with Crippen LogP contribution in [-0.4, -0.2) is 36.6 Å². The number of ether oxygens (including phenoxy) is 1. The van der Waals surface area contributed by atoms with E-state index in [9.17, 15) is 18.3 Å². The predicted molar refractivity (Wildman–Crippen MR) is 78.5 cm³/mol. The van der Waals surface area contributed by atoms with Gasteiger partial charge in [0.25, 0.3) is 10.1 Å². The third-order valence-corrected chi connectivity index (χ3v) is 4.62. The molecule has 0 saturated heterocycles. The van der Waals surface area contributed by atoms with Gasteiger partial charge in [-0.2, -0.15) is 8.42 Å². The van der Waals surface area contributed by atoms with Crippen molar-refractivity contribution in [3.8, 4) is 0 Å². The van der Waals surface area contributed by atoms with Crippen LogP contribution in [0.25, 0.3) is 0 Å². The van der Waals surface area contributed by atoms with Gasteiger partial charge in [0.2, 0.25) is 0 Å². The third-order valence-electron chi connectivity index (χ3n) is 3.59. The van der Waals surface area contributed by atoms with E-state index in [1.165, 1.54) is 7.11 Å². The number of carbonyl (C=O) groups is 1. The molecule has 1 aromatic carbocycles. The Kier molecular flexibility index (Phi) is 8.37. The number of carbonyl (C=O) groups excluding carboxylic acids is 1. The second-order valence-corrected chi connectivity index (χ2v) is 6.65. The van der Waals surface area contributed by atoms with Gasteiger partial charge in [-0.3, -0.25) is 4.55 Å². The summed E-state index contributed by atoms with van der Waals surface area (Å²) in [6, 6.07) is 6.74. The molecule has 22 heavy (non-hydrogen) atoms. The van der Waals surface area contributed by atoms with E-state index in [0.29, 0.717) is 12.0 Å². The zero-order valence-corrected chi connectivity index (χ0v) is 14.0. The summed E-state index contributed by atoms with van der Waals surface area (Å²) in [5.41, 5.74) is -0.480. The molecule has 0 radical (unpaired) electrons. The summed E-state index contributed by atoms with van der Waals surface area (Å²) in [6.45, 7) is 3.35. The summed E-state index contributed by atoms with van der Waals surface area (Å²) >= 11 is 0. The molecule has 0 aliphatic heterocycles. The molecule has 3 atom stereocenters. The van der Waals surface area contributed by atoms with Crippen molar-refractivity contribution >= 4 is 16.1 Å². The summed E-state index contributed by atoms with van der Waals surface area (Å²) in [5, 5.41) is 9.55. The van der Waals surface area contributed by atoms with E-state index in [1.807, 2.05) is 0 Å². The summed E-state index contributed by atoms with van der Waals surface area (Å²) in [6.07, 6.45) is 0.509. The van der Waals surface area contributed by atoms with Crippen LogP contribution in [0, 0.1) is 11.8 Å². The quantitative estimate of drug-likeness (QED) is 0.380. The Bertz CT molecular complexity index is 590. The van der Waals surface area contributed by atoms with Crippen LogP contribution in [0.2, 0.25) is 0 Å². The van der Waals surface area contributed by atoms with E-state index in [-0.39, 0.29) is 26.2 Å². The number of aliphatic hydroxyl groups is 1. The van der Waals surface area contributed by atoms with Crippen LogP contribution in [0.4, 0.5) is 0 Å². The van der Waals surface area contributed by atoms with E-state index in [4.69, 9.17) is 4.55 Å². The van der Waals surface area contributed by atoms with Gasteiger partial charge in [-0.05, 0) is 30.0 Å². The molecule has 0 bridgehead atoms. The molecule has 0 spiro atoms. The van der Waals surface area contributed by atoms with Crippen molar-refractivity contribution in [2.75, 3.05) is 7.11 Å². The molecule has 3 unspecified atom stereocenters. The maximum absolute atomic E-state index is 11.3. The summed E-state index contributed by atoms with van der Waals surface area (Å²) < 4.78 is 35.3. The Hall–Kier alpha value is -0.843. The van der Waals surface area contributed by atoms with Crippen molar-refractivity contribution in [3.05, 3.63) is 35.4 Å². The van der Waals surface area contributed by atoms with Crippen LogP contribution in [0.1, 0.15) is 31.2 Å². The van der Waals surface area contributed by atoms with Crippen molar-refractivity contribution in [3.63, 3.8) is 0 Å². The predicted octanol–water partition coefficient (Wildman–Crippen LogP) is -1.39. The minimum absolute atomic E-state index is 0. The van der Waals surface area contributed by atoms with Crippen molar-refractivity contribution in [2.24, 2.45) is 11.8 Å². The number of rotatable bonds is 6. The second kappa shape index (κ2) is 8.70. The zero-order chi connectivity index (χ0) is 16.2. The molecule has 0 saturated carbocycles. The SMILES string of the molecule is COC(=O)c1ccc(CC(C)C(C)C(O)S(=O)(=O)O)cc1.[H-].[Li+]. The van der Waals surface area contributed by atoms with E-state index in [1.54, 1.807) is 38.1 Å². The molecule has 0 fully saturated rings. The van der Waals surface area contributed by atoms with Gasteiger partial charge in [0.1, 0.15) is 0 Å². The van der Waals surface area contributed by atoms with Gasteiger partial charge in [0.05, 0.1) is 12.7 Å². The van der Waals surface area contributed by atoms with Crippen LogP contribution < -0.4 is 18.9 Å². The normalized spacial score (nSPS) is 15.3. The minimum Gasteiger partial charge on any atom is -1.00 e. The molecule has 0 aliphatic carbocycles.